The maximum absolute atomic E-state index is 13.9. The second kappa shape index (κ2) is 7.04. The van der Waals surface area contributed by atoms with Gasteiger partial charge in [-0.3, -0.25) is 14.9 Å². The highest BCUT2D eigenvalue weighted by atomic mass is 19.1. The molecular formula is C16H12F2N2O5. The number of carbonyl (C=O) groups is 2. The minimum atomic E-state index is -1.14. The van der Waals surface area contributed by atoms with Gasteiger partial charge in [-0.15, -0.1) is 0 Å². The molecule has 1 N–H and O–H groups in total. The lowest BCUT2D eigenvalue weighted by atomic mass is 10.1. The van der Waals surface area contributed by atoms with Gasteiger partial charge in [0.15, 0.2) is 0 Å². The molecule has 0 saturated heterocycles. The SMILES string of the molecule is COC(=O)c1cc(NC(=O)c2cccc([N+](=O)[O-])c2C)c(F)cc1F. The molecule has 130 valence electrons. The predicted molar refractivity (Wildman–Crippen MR) is 83.5 cm³/mol. The van der Waals surface area contributed by atoms with E-state index in [9.17, 15) is 28.5 Å². The number of hydrogen-bond acceptors (Lipinski definition) is 5. The molecule has 0 aliphatic carbocycles. The summed E-state index contributed by atoms with van der Waals surface area (Å²) in [6, 6.07) is 5.07. The Morgan fingerprint density at radius 2 is 1.84 bits per heavy atom. The Bertz CT molecular complexity index is 883. The van der Waals surface area contributed by atoms with E-state index in [2.05, 4.69) is 10.1 Å². The molecule has 0 heterocycles. The topological polar surface area (TPSA) is 98.5 Å². The van der Waals surface area contributed by atoms with Crippen LogP contribution in [-0.4, -0.2) is 23.9 Å². The van der Waals surface area contributed by atoms with Crippen LogP contribution in [0.3, 0.4) is 0 Å². The van der Waals surface area contributed by atoms with Crippen molar-refractivity contribution in [2.24, 2.45) is 0 Å². The molecule has 1 amide bonds. The first-order valence-corrected chi connectivity index (χ1v) is 6.89. The summed E-state index contributed by atoms with van der Waals surface area (Å²) in [6.45, 7) is 1.37. The van der Waals surface area contributed by atoms with Crippen LogP contribution in [0, 0.1) is 28.7 Å². The van der Waals surface area contributed by atoms with E-state index in [1.807, 2.05) is 0 Å². The second-order valence-corrected chi connectivity index (χ2v) is 4.96. The van der Waals surface area contributed by atoms with Gasteiger partial charge in [0.25, 0.3) is 11.6 Å². The number of halogens is 2. The highest BCUT2D eigenvalue weighted by Crippen LogP contribution is 2.24. The van der Waals surface area contributed by atoms with Crippen molar-refractivity contribution < 1.29 is 28.0 Å². The van der Waals surface area contributed by atoms with Gasteiger partial charge in [-0.2, -0.15) is 0 Å². The number of nitrogens with zero attached hydrogens (tertiary/aromatic N) is 1. The first kappa shape index (κ1) is 18.0. The summed E-state index contributed by atoms with van der Waals surface area (Å²) in [5, 5.41) is 13.1. The minimum Gasteiger partial charge on any atom is -0.465 e. The lowest BCUT2D eigenvalue weighted by molar-refractivity contribution is -0.385. The molecule has 0 aliphatic rings. The van der Waals surface area contributed by atoms with E-state index in [-0.39, 0.29) is 16.8 Å². The quantitative estimate of drug-likeness (QED) is 0.519. The molecule has 2 aromatic rings. The van der Waals surface area contributed by atoms with Crippen LogP contribution in [0.4, 0.5) is 20.2 Å². The second-order valence-electron chi connectivity index (χ2n) is 4.96. The molecule has 0 bridgehead atoms. The monoisotopic (exact) mass is 350 g/mol. The highest BCUT2D eigenvalue weighted by Gasteiger charge is 2.21. The van der Waals surface area contributed by atoms with Crippen molar-refractivity contribution >= 4 is 23.3 Å². The fourth-order valence-corrected chi connectivity index (χ4v) is 2.17. The Morgan fingerprint density at radius 3 is 2.44 bits per heavy atom. The summed E-state index contributed by atoms with van der Waals surface area (Å²) in [6.07, 6.45) is 0. The zero-order valence-corrected chi connectivity index (χ0v) is 13.1. The van der Waals surface area contributed by atoms with E-state index < -0.39 is 39.7 Å². The first-order valence-electron chi connectivity index (χ1n) is 6.89. The van der Waals surface area contributed by atoms with Crippen LogP contribution in [-0.2, 0) is 4.74 Å². The third-order valence-electron chi connectivity index (χ3n) is 3.46. The Hall–Kier alpha value is -3.36. The molecule has 25 heavy (non-hydrogen) atoms. The predicted octanol–water partition coefficient (Wildman–Crippen LogP) is 3.22. The minimum absolute atomic E-state index is 0.0578. The highest BCUT2D eigenvalue weighted by molar-refractivity contribution is 6.06. The number of nitrogens with one attached hydrogen (secondary N) is 1. The number of nitro groups is 1. The van der Waals surface area contributed by atoms with Gasteiger partial charge in [-0.25, -0.2) is 13.6 Å². The van der Waals surface area contributed by atoms with Crippen molar-refractivity contribution in [3.05, 3.63) is 68.8 Å². The number of anilines is 1. The zero-order valence-electron chi connectivity index (χ0n) is 13.1. The van der Waals surface area contributed by atoms with Crippen LogP contribution in [0.2, 0.25) is 0 Å². The molecule has 0 unspecified atom stereocenters. The zero-order chi connectivity index (χ0) is 18.7. The molecule has 0 aromatic heterocycles. The van der Waals surface area contributed by atoms with Gasteiger partial charge in [-0.1, -0.05) is 6.07 Å². The smallest absolute Gasteiger partial charge is 0.340 e. The third-order valence-corrected chi connectivity index (χ3v) is 3.46. The van der Waals surface area contributed by atoms with Gasteiger partial charge in [0.2, 0.25) is 0 Å². The molecule has 0 radical (unpaired) electrons. The number of esters is 1. The fourth-order valence-electron chi connectivity index (χ4n) is 2.17. The van der Waals surface area contributed by atoms with Crippen molar-refractivity contribution in [2.45, 2.75) is 6.92 Å². The Morgan fingerprint density at radius 1 is 1.16 bits per heavy atom. The molecule has 9 heteroatoms. The molecule has 0 saturated carbocycles. The van der Waals surface area contributed by atoms with Gasteiger partial charge in [-0.05, 0) is 19.1 Å². The van der Waals surface area contributed by atoms with Crippen molar-refractivity contribution in [1.29, 1.82) is 0 Å². The van der Waals surface area contributed by atoms with Gasteiger partial charge in [0.05, 0.1) is 23.3 Å². The number of hydrogen-bond donors (Lipinski definition) is 1. The number of rotatable bonds is 4. The summed E-state index contributed by atoms with van der Waals surface area (Å²) in [7, 11) is 1.02. The summed E-state index contributed by atoms with van der Waals surface area (Å²) < 4.78 is 31.8. The lowest BCUT2D eigenvalue weighted by Crippen LogP contribution is -2.16. The van der Waals surface area contributed by atoms with E-state index in [0.717, 1.165) is 13.2 Å². The van der Waals surface area contributed by atoms with E-state index in [1.165, 1.54) is 25.1 Å². The van der Waals surface area contributed by atoms with Crippen LogP contribution in [0.25, 0.3) is 0 Å². The molecule has 7 nitrogen and oxygen atoms in total. The Kier molecular flexibility index (Phi) is 5.06. The van der Waals surface area contributed by atoms with Gasteiger partial charge in [0, 0.05) is 23.3 Å². The van der Waals surface area contributed by atoms with E-state index in [0.29, 0.717) is 6.07 Å². The molecular weight excluding hydrogens is 338 g/mol. The lowest BCUT2D eigenvalue weighted by Gasteiger charge is -2.10. The average Bonchev–Trinajstić information content (AvgIpc) is 2.56. The van der Waals surface area contributed by atoms with Crippen LogP contribution in [0.15, 0.2) is 30.3 Å². The third kappa shape index (κ3) is 3.60. The molecule has 2 rings (SSSR count). The Balaban J connectivity index is 2.40. The molecule has 0 fully saturated rings. The van der Waals surface area contributed by atoms with Crippen molar-refractivity contribution in [3.63, 3.8) is 0 Å². The van der Waals surface area contributed by atoms with E-state index in [1.54, 1.807) is 0 Å². The average molecular weight is 350 g/mol. The Labute approximate surface area is 140 Å². The van der Waals surface area contributed by atoms with Crippen LogP contribution < -0.4 is 5.32 Å². The maximum atomic E-state index is 13.9. The molecule has 0 spiro atoms. The van der Waals surface area contributed by atoms with Crippen LogP contribution in [0.1, 0.15) is 26.3 Å². The number of ether oxygens (including phenoxy) is 1. The summed E-state index contributed by atoms with van der Waals surface area (Å²) in [5.74, 6) is -4.14. The van der Waals surface area contributed by atoms with Gasteiger partial charge < -0.3 is 10.1 Å². The maximum Gasteiger partial charge on any atom is 0.340 e. The van der Waals surface area contributed by atoms with Crippen LogP contribution >= 0.6 is 0 Å². The number of methoxy groups -OCH3 is 1. The molecule has 2 aromatic carbocycles. The number of nitro benzene ring substituents is 1. The normalized spacial score (nSPS) is 10.2. The fraction of sp³-hybridized carbons (Fsp3) is 0.125. The number of carbonyl (C=O) groups excluding carboxylic acids is 2. The summed E-state index contributed by atoms with van der Waals surface area (Å²) in [5.41, 5.74) is -1.27. The summed E-state index contributed by atoms with van der Waals surface area (Å²) >= 11 is 0. The standard InChI is InChI=1S/C16H12F2N2O5/c1-8-9(4-3-5-14(8)20(23)24)15(21)19-13-6-10(16(22)25-2)11(17)7-12(13)18/h3-7H,1-2H3,(H,19,21). The molecule has 0 aliphatic heterocycles. The molecule has 0 atom stereocenters. The summed E-state index contributed by atoms with van der Waals surface area (Å²) in [4.78, 5) is 34.0. The largest absolute Gasteiger partial charge is 0.465 e. The van der Waals surface area contributed by atoms with Crippen LogP contribution in [0.5, 0.6) is 0 Å². The van der Waals surface area contributed by atoms with Gasteiger partial charge in [0.1, 0.15) is 11.6 Å². The van der Waals surface area contributed by atoms with Crippen molar-refractivity contribution in [3.8, 4) is 0 Å². The van der Waals surface area contributed by atoms with Crippen molar-refractivity contribution in [1.82, 2.24) is 0 Å². The van der Waals surface area contributed by atoms with E-state index >= 15 is 0 Å². The number of benzene rings is 2. The number of amides is 1. The van der Waals surface area contributed by atoms with Crippen molar-refractivity contribution in [2.75, 3.05) is 12.4 Å². The van der Waals surface area contributed by atoms with Gasteiger partial charge >= 0.3 is 5.97 Å². The first-order chi connectivity index (χ1) is 11.8. The van der Waals surface area contributed by atoms with E-state index in [4.69, 9.17) is 0 Å².